The highest BCUT2D eigenvalue weighted by atomic mass is 19.4. The number of aromatic amines is 1. The molecule has 2 aromatic carbocycles. The number of tetrazole rings is 1. The number of amides is 1. The third kappa shape index (κ3) is 8.94. The number of halogens is 6. The first-order valence-corrected chi connectivity index (χ1v) is 14.2. The Bertz CT molecular complexity index is 1510. The van der Waals surface area contributed by atoms with Gasteiger partial charge in [0.2, 0.25) is 0 Å². The van der Waals surface area contributed by atoms with Crippen LogP contribution in [0.25, 0.3) is 0 Å². The Hall–Kier alpha value is -4.70. The second-order valence-corrected chi connectivity index (χ2v) is 12.1. The van der Waals surface area contributed by atoms with Gasteiger partial charge in [-0.25, -0.2) is 0 Å². The van der Waals surface area contributed by atoms with Crippen molar-refractivity contribution in [3.63, 3.8) is 0 Å². The molecule has 1 aliphatic rings. The zero-order valence-corrected chi connectivity index (χ0v) is 25.0. The molecule has 1 fully saturated rings. The van der Waals surface area contributed by atoms with Gasteiger partial charge in [-0.3, -0.25) is 20.2 Å². The van der Waals surface area contributed by atoms with Crippen molar-refractivity contribution in [2.75, 3.05) is 10.6 Å². The van der Waals surface area contributed by atoms with Crippen molar-refractivity contribution in [1.29, 1.82) is 0 Å². The normalized spacial score (nSPS) is 17.8. The fourth-order valence-electron chi connectivity index (χ4n) is 5.46. The van der Waals surface area contributed by atoms with Gasteiger partial charge in [0.1, 0.15) is 0 Å². The second kappa shape index (κ2) is 13.3. The lowest BCUT2D eigenvalue weighted by atomic mass is 9.71. The van der Waals surface area contributed by atoms with Crippen LogP contribution in [0, 0.1) is 21.4 Å². The standard InChI is InChI=1S/C29H32F6N8O3/c1-27(2,3)19-8-10-23(11-9-19)42(15-17-4-6-18(7-5-17)25(44)37-26-38-40-41-39-26)24(16-43(45)46)36-22-13-20(28(30,31)32)12-21(14-22)29(33,34)35/h4-7,12-14,16,19,23,36H,8-11,15H2,1-3H3,(H2,37,38,39,40,41,44)/b24-16-. The summed E-state index contributed by atoms with van der Waals surface area (Å²) < 4.78 is 81.5. The average Bonchev–Trinajstić information content (AvgIpc) is 3.47. The van der Waals surface area contributed by atoms with Crippen LogP contribution in [0.15, 0.2) is 54.5 Å². The van der Waals surface area contributed by atoms with E-state index in [0.29, 0.717) is 42.7 Å². The highest BCUT2D eigenvalue weighted by molar-refractivity contribution is 6.03. The molecule has 4 rings (SSSR count). The average molecular weight is 655 g/mol. The van der Waals surface area contributed by atoms with E-state index in [0.717, 1.165) is 12.8 Å². The molecule has 248 valence electrons. The summed E-state index contributed by atoms with van der Waals surface area (Å²) >= 11 is 0. The van der Waals surface area contributed by atoms with Crippen LogP contribution in [0.5, 0.6) is 0 Å². The first-order valence-electron chi connectivity index (χ1n) is 14.2. The largest absolute Gasteiger partial charge is 0.416 e. The Labute approximate surface area is 259 Å². The number of anilines is 2. The van der Waals surface area contributed by atoms with Gasteiger partial charge < -0.3 is 10.2 Å². The Kier molecular flexibility index (Phi) is 9.91. The van der Waals surface area contributed by atoms with Crippen molar-refractivity contribution in [2.24, 2.45) is 11.3 Å². The van der Waals surface area contributed by atoms with Gasteiger partial charge in [0.15, 0.2) is 5.82 Å². The number of nitrogens with zero attached hydrogens (tertiary/aromatic N) is 5. The van der Waals surface area contributed by atoms with Crippen molar-refractivity contribution in [3.8, 4) is 0 Å². The minimum absolute atomic E-state index is 0.00249. The summed E-state index contributed by atoms with van der Waals surface area (Å²) in [5, 5.41) is 29.6. The van der Waals surface area contributed by atoms with Crippen molar-refractivity contribution < 1.29 is 36.1 Å². The smallest absolute Gasteiger partial charge is 0.346 e. The highest BCUT2D eigenvalue weighted by Gasteiger charge is 2.38. The van der Waals surface area contributed by atoms with E-state index in [1.165, 1.54) is 12.1 Å². The maximum absolute atomic E-state index is 13.6. The molecule has 0 saturated heterocycles. The molecular weight excluding hydrogens is 622 g/mol. The molecule has 0 spiro atoms. The van der Waals surface area contributed by atoms with Crippen molar-refractivity contribution in [3.05, 3.63) is 86.9 Å². The summed E-state index contributed by atoms with van der Waals surface area (Å²) in [5.74, 6) is -0.521. The number of alkyl halides is 6. The maximum atomic E-state index is 13.6. The molecule has 0 bridgehead atoms. The van der Waals surface area contributed by atoms with E-state index in [-0.39, 0.29) is 41.4 Å². The number of benzene rings is 2. The molecule has 1 aliphatic carbocycles. The molecular formula is C29H32F6N8O3. The van der Waals surface area contributed by atoms with E-state index >= 15 is 0 Å². The van der Waals surface area contributed by atoms with Crippen molar-refractivity contribution in [2.45, 2.75) is 71.4 Å². The zero-order chi connectivity index (χ0) is 33.9. The highest BCUT2D eigenvalue weighted by Crippen LogP contribution is 2.41. The van der Waals surface area contributed by atoms with Crippen LogP contribution in [0.2, 0.25) is 0 Å². The summed E-state index contributed by atoms with van der Waals surface area (Å²) in [6, 6.07) is 6.78. The van der Waals surface area contributed by atoms with E-state index in [1.54, 1.807) is 17.0 Å². The maximum Gasteiger partial charge on any atom is 0.416 e. The van der Waals surface area contributed by atoms with E-state index < -0.39 is 40.0 Å². The lowest BCUT2D eigenvalue weighted by Gasteiger charge is -2.42. The zero-order valence-electron chi connectivity index (χ0n) is 25.0. The number of carbonyl (C=O) groups excluding carboxylic acids is 1. The van der Waals surface area contributed by atoms with Crippen LogP contribution in [-0.4, -0.2) is 42.4 Å². The van der Waals surface area contributed by atoms with E-state index in [2.05, 4.69) is 52.0 Å². The van der Waals surface area contributed by atoms with E-state index in [4.69, 9.17) is 0 Å². The Morgan fingerprint density at radius 1 is 0.978 bits per heavy atom. The number of carbonyl (C=O) groups is 1. The number of nitro groups is 1. The Morgan fingerprint density at radius 3 is 2.04 bits per heavy atom. The predicted molar refractivity (Wildman–Crippen MR) is 154 cm³/mol. The van der Waals surface area contributed by atoms with Crippen LogP contribution in [-0.2, 0) is 18.9 Å². The molecule has 3 aromatic rings. The molecule has 0 atom stereocenters. The lowest BCUT2D eigenvalue weighted by Crippen LogP contribution is -2.41. The molecule has 1 amide bonds. The molecule has 46 heavy (non-hydrogen) atoms. The first-order chi connectivity index (χ1) is 21.4. The quantitative estimate of drug-likeness (QED) is 0.126. The lowest BCUT2D eigenvalue weighted by molar-refractivity contribution is -0.404. The van der Waals surface area contributed by atoms with E-state index in [9.17, 15) is 41.3 Å². The van der Waals surface area contributed by atoms with Crippen LogP contribution in [0.3, 0.4) is 0 Å². The number of aromatic nitrogens is 4. The van der Waals surface area contributed by atoms with Gasteiger partial charge in [0.05, 0.1) is 16.1 Å². The van der Waals surface area contributed by atoms with Crippen LogP contribution in [0.1, 0.15) is 73.5 Å². The van der Waals surface area contributed by atoms with Crippen LogP contribution < -0.4 is 10.6 Å². The third-order valence-corrected chi connectivity index (χ3v) is 7.90. The SMILES string of the molecule is CC(C)(C)C1CCC(N(Cc2ccc(C(=O)Nc3nn[nH]n3)cc2)/C(=C\[N+](=O)[O-])Nc2cc(C(F)(F)F)cc(C(F)(F)F)c2)CC1. The van der Waals surface area contributed by atoms with Gasteiger partial charge in [-0.2, -0.15) is 31.6 Å². The van der Waals surface area contributed by atoms with Gasteiger partial charge in [-0.1, -0.05) is 38.0 Å². The van der Waals surface area contributed by atoms with Crippen LogP contribution >= 0.6 is 0 Å². The Morgan fingerprint density at radius 2 is 1.57 bits per heavy atom. The summed E-state index contributed by atoms with van der Waals surface area (Å²) in [6.07, 6.45) is -7.02. The van der Waals surface area contributed by atoms with Gasteiger partial charge in [-0.15, -0.1) is 5.10 Å². The summed E-state index contributed by atoms with van der Waals surface area (Å²) in [7, 11) is 0. The first kappa shape index (κ1) is 34.2. The minimum Gasteiger partial charge on any atom is -0.346 e. The predicted octanol–water partition coefficient (Wildman–Crippen LogP) is 7.08. The minimum atomic E-state index is -5.10. The van der Waals surface area contributed by atoms with Gasteiger partial charge in [-0.05, 0) is 78.1 Å². The fourth-order valence-corrected chi connectivity index (χ4v) is 5.46. The monoisotopic (exact) mass is 654 g/mol. The van der Waals surface area contributed by atoms with Gasteiger partial charge in [0.25, 0.3) is 18.1 Å². The Balaban J connectivity index is 1.69. The third-order valence-electron chi connectivity index (χ3n) is 7.90. The molecule has 0 unspecified atom stereocenters. The van der Waals surface area contributed by atoms with Gasteiger partial charge in [0, 0.05) is 23.8 Å². The number of rotatable bonds is 9. The molecule has 0 aliphatic heterocycles. The number of H-pyrrole nitrogens is 1. The molecule has 0 radical (unpaired) electrons. The topological polar surface area (TPSA) is 142 Å². The molecule has 3 N–H and O–H groups in total. The van der Waals surface area contributed by atoms with Gasteiger partial charge >= 0.3 is 12.4 Å². The summed E-state index contributed by atoms with van der Waals surface area (Å²) in [5.41, 5.74) is -2.93. The number of nitrogens with one attached hydrogen (secondary N) is 3. The van der Waals surface area contributed by atoms with Crippen LogP contribution in [0.4, 0.5) is 38.0 Å². The molecule has 1 heterocycles. The number of hydrogen-bond donors (Lipinski definition) is 3. The van der Waals surface area contributed by atoms with Crippen molar-refractivity contribution >= 4 is 17.5 Å². The second-order valence-electron chi connectivity index (χ2n) is 12.1. The molecule has 1 aromatic heterocycles. The summed E-state index contributed by atoms with van der Waals surface area (Å²) in [6.45, 7) is 6.32. The molecule has 1 saturated carbocycles. The fraction of sp³-hybridized carbons (Fsp3) is 0.448. The summed E-state index contributed by atoms with van der Waals surface area (Å²) in [4.78, 5) is 25.1. The van der Waals surface area contributed by atoms with E-state index in [1.807, 2.05) is 0 Å². The molecule has 11 nitrogen and oxygen atoms in total. The number of hydrogen-bond acceptors (Lipinski definition) is 8. The molecule has 17 heteroatoms. The van der Waals surface area contributed by atoms with Crippen molar-refractivity contribution in [1.82, 2.24) is 25.5 Å².